The number of amides is 1. The fourth-order valence-electron chi connectivity index (χ4n) is 3.07. The smallest absolute Gasteiger partial charge is 0.273 e. The number of thiophene rings is 1. The summed E-state index contributed by atoms with van der Waals surface area (Å²) in [6, 6.07) is 1.73. The molecule has 0 unspecified atom stereocenters. The molecule has 9 heteroatoms. The number of carbonyl (C=O) groups is 1. The molecule has 0 saturated carbocycles. The van der Waals surface area contributed by atoms with Gasteiger partial charge in [-0.25, -0.2) is 13.4 Å². The maximum atomic E-state index is 13.1. The molecule has 0 N–H and O–H groups in total. The van der Waals surface area contributed by atoms with Crippen LogP contribution in [0.2, 0.25) is 0 Å². The minimum atomic E-state index is -3.05. The lowest BCUT2D eigenvalue weighted by Gasteiger charge is -2.28. The first-order valence-electron chi connectivity index (χ1n) is 8.50. The molecule has 1 fully saturated rings. The Morgan fingerprint density at radius 3 is 2.73 bits per heavy atom. The Bertz CT molecular complexity index is 844. The van der Waals surface area contributed by atoms with E-state index in [1.807, 2.05) is 30.9 Å². The molecule has 0 radical (unpaired) electrons. The molecule has 3 rings (SSSR count). The van der Waals surface area contributed by atoms with Crippen LogP contribution in [0.5, 0.6) is 0 Å². The van der Waals surface area contributed by atoms with Gasteiger partial charge >= 0.3 is 0 Å². The number of sulfone groups is 1. The van der Waals surface area contributed by atoms with Crippen LogP contribution in [-0.2, 0) is 9.84 Å². The van der Waals surface area contributed by atoms with E-state index in [0.29, 0.717) is 18.7 Å². The minimum Gasteiger partial charge on any atom is -0.333 e. The highest BCUT2D eigenvalue weighted by Crippen LogP contribution is 2.27. The predicted molar refractivity (Wildman–Crippen MR) is 107 cm³/mol. The van der Waals surface area contributed by atoms with Gasteiger partial charge in [-0.15, -0.1) is 11.3 Å². The Morgan fingerprint density at radius 2 is 2.12 bits per heavy atom. The normalized spacial score (nSPS) is 19.1. The van der Waals surface area contributed by atoms with Gasteiger partial charge in [-0.3, -0.25) is 4.79 Å². The van der Waals surface area contributed by atoms with Crippen molar-refractivity contribution in [3.8, 4) is 10.6 Å². The molecule has 0 spiro atoms. The van der Waals surface area contributed by atoms with Crippen molar-refractivity contribution >= 4 is 38.4 Å². The average Bonchev–Trinajstić information content (AvgIpc) is 3.30. The average molecular weight is 414 g/mol. The molecule has 142 valence electrons. The molecule has 6 nitrogen and oxygen atoms in total. The number of nitrogens with zero attached hydrogens (tertiary/aromatic N) is 3. The molecule has 1 saturated heterocycles. The van der Waals surface area contributed by atoms with Crippen molar-refractivity contribution in [1.29, 1.82) is 0 Å². The first-order valence-corrected chi connectivity index (χ1v) is 12.1. The van der Waals surface area contributed by atoms with E-state index in [9.17, 15) is 13.2 Å². The lowest BCUT2D eigenvalue weighted by molar-refractivity contribution is 0.0685. The predicted octanol–water partition coefficient (Wildman–Crippen LogP) is 2.45. The second-order valence-electron chi connectivity index (χ2n) is 6.76. The van der Waals surface area contributed by atoms with Gasteiger partial charge in [-0.1, -0.05) is 0 Å². The van der Waals surface area contributed by atoms with E-state index in [2.05, 4.69) is 9.88 Å². The van der Waals surface area contributed by atoms with E-state index in [-0.39, 0.29) is 23.5 Å². The van der Waals surface area contributed by atoms with Crippen molar-refractivity contribution in [2.24, 2.45) is 0 Å². The fraction of sp³-hybridized carbons (Fsp3) is 0.529. The van der Waals surface area contributed by atoms with Gasteiger partial charge in [0, 0.05) is 28.9 Å². The van der Waals surface area contributed by atoms with E-state index in [1.165, 1.54) is 11.3 Å². The highest BCUT2D eigenvalue weighted by atomic mass is 32.2. The van der Waals surface area contributed by atoms with Crippen LogP contribution >= 0.6 is 22.7 Å². The second kappa shape index (κ2) is 8.16. The molecular weight excluding hydrogens is 390 g/mol. The first-order chi connectivity index (χ1) is 12.4. The molecule has 1 amide bonds. The molecular formula is C17H23N3O3S3. The van der Waals surface area contributed by atoms with Gasteiger partial charge in [0.05, 0.1) is 11.5 Å². The third-order valence-electron chi connectivity index (χ3n) is 4.41. The lowest BCUT2D eigenvalue weighted by atomic mass is 10.2. The summed E-state index contributed by atoms with van der Waals surface area (Å²) in [5.41, 5.74) is 1.42. The van der Waals surface area contributed by atoms with Crippen molar-refractivity contribution in [3.63, 3.8) is 0 Å². The van der Waals surface area contributed by atoms with Crippen molar-refractivity contribution < 1.29 is 13.2 Å². The second-order valence-corrected chi connectivity index (χ2v) is 10.6. The molecule has 1 atom stereocenters. The van der Waals surface area contributed by atoms with Crippen LogP contribution < -0.4 is 0 Å². The summed E-state index contributed by atoms with van der Waals surface area (Å²) >= 11 is 3.04. The van der Waals surface area contributed by atoms with Crippen LogP contribution in [0, 0.1) is 0 Å². The molecule has 26 heavy (non-hydrogen) atoms. The lowest BCUT2D eigenvalue weighted by Crippen LogP contribution is -2.42. The monoisotopic (exact) mass is 413 g/mol. The quantitative estimate of drug-likeness (QED) is 0.697. The van der Waals surface area contributed by atoms with Crippen LogP contribution in [0.25, 0.3) is 10.6 Å². The summed E-state index contributed by atoms with van der Waals surface area (Å²) in [7, 11) is 0.923. The van der Waals surface area contributed by atoms with Gasteiger partial charge in [0.1, 0.15) is 10.7 Å². The minimum absolute atomic E-state index is 0.0578. The van der Waals surface area contributed by atoms with Crippen molar-refractivity contribution in [3.05, 3.63) is 27.9 Å². The third kappa shape index (κ3) is 4.70. The largest absolute Gasteiger partial charge is 0.333 e. The van der Waals surface area contributed by atoms with Gasteiger partial charge in [-0.05, 0) is 44.9 Å². The molecule has 2 aromatic heterocycles. The number of hydrogen-bond acceptors (Lipinski definition) is 7. The molecule has 2 aromatic rings. The Kier molecular flexibility index (Phi) is 6.11. The zero-order chi connectivity index (χ0) is 18.7. The summed E-state index contributed by atoms with van der Waals surface area (Å²) in [4.78, 5) is 21.3. The maximum absolute atomic E-state index is 13.1. The van der Waals surface area contributed by atoms with Crippen LogP contribution in [0.1, 0.15) is 23.3 Å². The zero-order valence-corrected chi connectivity index (χ0v) is 17.4. The van der Waals surface area contributed by atoms with Crippen LogP contribution in [-0.4, -0.2) is 73.8 Å². The van der Waals surface area contributed by atoms with Gasteiger partial charge in [0.2, 0.25) is 0 Å². The molecule has 1 aliphatic heterocycles. The first kappa shape index (κ1) is 19.5. The number of hydrogen-bond donors (Lipinski definition) is 0. The number of thiazole rings is 1. The number of rotatable bonds is 7. The molecule has 0 bridgehead atoms. The van der Waals surface area contributed by atoms with Gasteiger partial charge in [-0.2, -0.15) is 11.3 Å². The van der Waals surface area contributed by atoms with Crippen LogP contribution in [0.4, 0.5) is 0 Å². The third-order valence-corrected chi connectivity index (χ3v) is 7.73. The van der Waals surface area contributed by atoms with Gasteiger partial charge < -0.3 is 9.80 Å². The summed E-state index contributed by atoms with van der Waals surface area (Å²) in [6.07, 6.45) is 1.31. The summed E-state index contributed by atoms with van der Waals surface area (Å²) in [5, 5.41) is 6.58. The summed E-state index contributed by atoms with van der Waals surface area (Å²) in [6.45, 7) is 1.39. The number of aromatic nitrogens is 1. The van der Waals surface area contributed by atoms with Crippen LogP contribution in [0.15, 0.2) is 22.2 Å². The molecule has 1 aliphatic rings. The van der Waals surface area contributed by atoms with Gasteiger partial charge in [0.25, 0.3) is 5.91 Å². The fourth-order valence-corrected chi connectivity index (χ4v) is 6.30. The zero-order valence-electron chi connectivity index (χ0n) is 14.9. The van der Waals surface area contributed by atoms with E-state index < -0.39 is 9.84 Å². The van der Waals surface area contributed by atoms with E-state index >= 15 is 0 Å². The van der Waals surface area contributed by atoms with Crippen molar-refractivity contribution in [1.82, 2.24) is 14.8 Å². The number of carbonyl (C=O) groups excluding carboxylic acids is 1. The molecule has 0 aromatic carbocycles. The Labute approximate surface area is 162 Å². The van der Waals surface area contributed by atoms with Crippen molar-refractivity contribution in [2.75, 3.05) is 38.7 Å². The van der Waals surface area contributed by atoms with Crippen LogP contribution in [0.3, 0.4) is 0 Å². The topological polar surface area (TPSA) is 70.6 Å². The molecule has 3 heterocycles. The SMILES string of the molecule is CN(C)CCCN(C(=O)c1csc(-c2ccsc2)n1)[C@H]1CCS(=O)(=O)C1. The van der Waals surface area contributed by atoms with E-state index in [4.69, 9.17) is 0 Å². The van der Waals surface area contributed by atoms with E-state index in [1.54, 1.807) is 21.6 Å². The molecule has 0 aliphatic carbocycles. The summed E-state index contributed by atoms with van der Waals surface area (Å²) < 4.78 is 23.8. The van der Waals surface area contributed by atoms with E-state index in [0.717, 1.165) is 23.5 Å². The Morgan fingerprint density at radius 1 is 1.31 bits per heavy atom. The highest BCUT2D eigenvalue weighted by molar-refractivity contribution is 7.91. The Hall–Kier alpha value is -1.29. The Balaban J connectivity index is 1.77. The summed E-state index contributed by atoms with van der Waals surface area (Å²) in [5.74, 6) is 0.0535. The standard InChI is InChI=1S/C17H23N3O3S3/c1-19(2)6-3-7-20(14-5-9-26(22,23)12-14)17(21)15-11-25-16(18-15)13-4-8-24-10-13/h4,8,10-11,14H,3,5-7,9,12H2,1-2H3/t14-/m0/s1. The van der Waals surface area contributed by atoms with Crippen molar-refractivity contribution in [2.45, 2.75) is 18.9 Å². The highest BCUT2D eigenvalue weighted by Gasteiger charge is 2.35. The van der Waals surface area contributed by atoms with Gasteiger partial charge in [0.15, 0.2) is 9.84 Å². The maximum Gasteiger partial charge on any atom is 0.273 e.